The maximum atomic E-state index is 12.7. The Labute approximate surface area is 131 Å². The molecule has 21 heavy (non-hydrogen) atoms. The predicted octanol–water partition coefficient (Wildman–Crippen LogP) is 4.28. The lowest BCUT2D eigenvalue weighted by molar-refractivity contribution is -0.139. The van der Waals surface area contributed by atoms with Crippen LogP contribution in [0.1, 0.15) is 11.3 Å². The lowest BCUT2D eigenvalue weighted by Gasteiger charge is -2.04. The minimum absolute atomic E-state index is 0.0774. The third-order valence-electron chi connectivity index (χ3n) is 2.52. The van der Waals surface area contributed by atoms with E-state index in [0.717, 1.165) is 0 Å². The van der Waals surface area contributed by atoms with Crippen molar-refractivity contribution in [3.8, 4) is 0 Å². The largest absolute Gasteiger partial charge is 0.456 e. The van der Waals surface area contributed by atoms with Crippen LogP contribution >= 0.6 is 23.2 Å². The van der Waals surface area contributed by atoms with Crippen molar-refractivity contribution >= 4 is 35.2 Å². The van der Waals surface area contributed by atoms with Gasteiger partial charge < -0.3 is 4.74 Å². The van der Waals surface area contributed by atoms with Gasteiger partial charge in [0.25, 0.3) is 0 Å². The summed E-state index contributed by atoms with van der Waals surface area (Å²) in [7, 11) is 0. The molecule has 0 saturated carbocycles. The first-order valence-electron chi connectivity index (χ1n) is 5.96. The van der Waals surface area contributed by atoms with E-state index in [9.17, 15) is 9.18 Å². The van der Waals surface area contributed by atoms with Crippen molar-refractivity contribution in [2.75, 3.05) is 0 Å². The number of nitrogens with zero attached hydrogens (tertiary/aromatic N) is 1. The second-order valence-corrected chi connectivity index (χ2v) is 4.85. The highest BCUT2D eigenvalue weighted by molar-refractivity contribution is 6.32. The average molecular weight is 326 g/mol. The first-order chi connectivity index (χ1) is 10.0. The van der Waals surface area contributed by atoms with Crippen LogP contribution < -0.4 is 0 Å². The molecule has 0 unspecified atom stereocenters. The van der Waals surface area contributed by atoms with Gasteiger partial charge in [-0.25, -0.2) is 14.2 Å². The summed E-state index contributed by atoms with van der Waals surface area (Å²) in [4.78, 5) is 15.5. The molecule has 0 N–H and O–H groups in total. The monoisotopic (exact) mass is 325 g/mol. The van der Waals surface area contributed by atoms with Crippen molar-refractivity contribution in [3.05, 3.63) is 69.7 Å². The van der Waals surface area contributed by atoms with E-state index in [1.165, 1.54) is 24.3 Å². The molecule has 0 bridgehead atoms. The number of halogens is 3. The maximum absolute atomic E-state index is 12.7. The highest BCUT2D eigenvalue weighted by atomic mass is 35.5. The van der Waals surface area contributed by atoms with Gasteiger partial charge in [-0.2, -0.15) is 0 Å². The molecule has 108 valence electrons. The molecule has 0 saturated heterocycles. The van der Waals surface area contributed by atoms with Crippen LogP contribution in [0, 0.1) is 5.82 Å². The number of benzene rings is 1. The molecule has 0 fully saturated rings. The number of carbonyl (C=O) groups excluding carboxylic acids is 1. The molecule has 3 nitrogen and oxygen atoms in total. The number of carbonyl (C=O) groups is 1. The molecule has 0 aliphatic carbocycles. The summed E-state index contributed by atoms with van der Waals surface area (Å²) in [5.41, 5.74) is 1.07. The van der Waals surface area contributed by atoms with Crippen LogP contribution in [0.4, 0.5) is 4.39 Å². The molecule has 0 aliphatic heterocycles. The minimum atomic E-state index is -0.558. The van der Waals surface area contributed by atoms with Gasteiger partial charge >= 0.3 is 5.97 Å². The van der Waals surface area contributed by atoms with Crippen molar-refractivity contribution in [1.82, 2.24) is 4.98 Å². The zero-order valence-corrected chi connectivity index (χ0v) is 12.2. The van der Waals surface area contributed by atoms with Gasteiger partial charge in [0.2, 0.25) is 0 Å². The van der Waals surface area contributed by atoms with Crippen LogP contribution in [0.2, 0.25) is 10.2 Å². The van der Waals surface area contributed by atoms with E-state index >= 15 is 0 Å². The number of hydrogen-bond acceptors (Lipinski definition) is 3. The Morgan fingerprint density at radius 1 is 1.19 bits per heavy atom. The molecule has 0 aliphatic rings. The summed E-state index contributed by atoms with van der Waals surface area (Å²) in [5.74, 6) is -0.895. The van der Waals surface area contributed by atoms with Crippen LogP contribution in [-0.4, -0.2) is 11.0 Å². The summed E-state index contributed by atoms with van der Waals surface area (Å²) in [6, 6.07) is 8.84. The zero-order chi connectivity index (χ0) is 15.2. The summed E-state index contributed by atoms with van der Waals surface area (Å²) in [6.45, 7) is -0.0774. The number of ether oxygens (including phenoxy) is 1. The van der Waals surface area contributed by atoms with Crippen LogP contribution in [0.25, 0.3) is 6.08 Å². The molecule has 2 rings (SSSR count). The average Bonchev–Trinajstić information content (AvgIpc) is 2.47. The smallest absolute Gasteiger partial charge is 0.331 e. The Morgan fingerprint density at radius 3 is 2.62 bits per heavy atom. The summed E-state index contributed by atoms with van der Waals surface area (Å²) in [5, 5.41) is 0.641. The number of pyridine rings is 1. The molecule has 2 aromatic rings. The Morgan fingerprint density at radius 2 is 1.90 bits per heavy atom. The first kappa shape index (κ1) is 15.5. The highest BCUT2D eigenvalue weighted by Gasteiger charge is 2.06. The van der Waals surface area contributed by atoms with Gasteiger partial charge in [0.1, 0.15) is 17.6 Å². The van der Waals surface area contributed by atoms with E-state index in [4.69, 9.17) is 27.9 Å². The van der Waals surface area contributed by atoms with Crippen molar-refractivity contribution in [3.63, 3.8) is 0 Å². The van der Waals surface area contributed by atoms with Gasteiger partial charge in [-0.1, -0.05) is 35.3 Å². The quantitative estimate of drug-likeness (QED) is 0.478. The van der Waals surface area contributed by atoms with E-state index in [0.29, 0.717) is 16.3 Å². The Balaban J connectivity index is 1.93. The molecule has 1 heterocycles. The third kappa shape index (κ3) is 4.85. The zero-order valence-electron chi connectivity index (χ0n) is 10.7. The summed E-state index contributed by atoms with van der Waals surface area (Å²) < 4.78 is 17.7. The molecule has 6 heteroatoms. The van der Waals surface area contributed by atoms with Crippen molar-refractivity contribution < 1.29 is 13.9 Å². The summed E-state index contributed by atoms with van der Waals surface area (Å²) >= 11 is 11.6. The van der Waals surface area contributed by atoms with Crippen LogP contribution in [-0.2, 0) is 16.1 Å². The molecular weight excluding hydrogens is 316 g/mol. The molecule has 1 aromatic carbocycles. The third-order valence-corrected chi connectivity index (χ3v) is 3.07. The Bertz CT molecular complexity index is 672. The maximum Gasteiger partial charge on any atom is 0.331 e. The molecular formula is C15H10Cl2FNO2. The van der Waals surface area contributed by atoms with Gasteiger partial charge in [0, 0.05) is 6.08 Å². The van der Waals surface area contributed by atoms with E-state index in [1.807, 2.05) is 0 Å². The van der Waals surface area contributed by atoms with Gasteiger partial charge in [0.15, 0.2) is 0 Å². The molecule has 0 atom stereocenters. The first-order valence-corrected chi connectivity index (χ1v) is 6.71. The lowest BCUT2D eigenvalue weighted by atomic mass is 10.2. The fourth-order valence-corrected chi connectivity index (χ4v) is 1.81. The standard InChI is InChI=1S/C15H10Cl2FNO2/c16-12-6-7-14(17)19-13(12)9-21-15(20)8-3-10-1-4-11(18)5-2-10/h1-8H,9H2. The van der Waals surface area contributed by atoms with E-state index < -0.39 is 5.97 Å². The minimum Gasteiger partial charge on any atom is -0.456 e. The van der Waals surface area contributed by atoms with E-state index in [-0.39, 0.29) is 17.6 Å². The van der Waals surface area contributed by atoms with Crippen LogP contribution in [0.15, 0.2) is 42.5 Å². The van der Waals surface area contributed by atoms with Gasteiger partial charge in [0.05, 0.1) is 10.7 Å². The highest BCUT2D eigenvalue weighted by Crippen LogP contribution is 2.17. The fraction of sp³-hybridized carbons (Fsp3) is 0.0667. The van der Waals surface area contributed by atoms with E-state index in [2.05, 4.69) is 4.98 Å². The summed E-state index contributed by atoms with van der Waals surface area (Å²) in [6.07, 6.45) is 2.76. The van der Waals surface area contributed by atoms with Crippen molar-refractivity contribution in [1.29, 1.82) is 0 Å². The second kappa shape index (κ2) is 7.20. The van der Waals surface area contributed by atoms with Crippen molar-refractivity contribution in [2.24, 2.45) is 0 Å². The fourth-order valence-electron chi connectivity index (χ4n) is 1.48. The SMILES string of the molecule is O=C(C=Cc1ccc(F)cc1)OCc1nc(Cl)ccc1Cl. The molecule has 0 spiro atoms. The lowest BCUT2D eigenvalue weighted by Crippen LogP contribution is -2.03. The predicted molar refractivity (Wildman–Crippen MR) is 79.5 cm³/mol. The second-order valence-electron chi connectivity index (χ2n) is 4.06. The molecule has 0 radical (unpaired) electrons. The number of hydrogen-bond donors (Lipinski definition) is 0. The number of aromatic nitrogens is 1. The molecule has 1 aromatic heterocycles. The van der Waals surface area contributed by atoms with E-state index in [1.54, 1.807) is 24.3 Å². The topological polar surface area (TPSA) is 39.2 Å². The number of rotatable bonds is 4. The van der Waals surface area contributed by atoms with Crippen molar-refractivity contribution in [2.45, 2.75) is 6.61 Å². The van der Waals surface area contributed by atoms with Gasteiger partial charge in [-0.3, -0.25) is 0 Å². The van der Waals surface area contributed by atoms with Gasteiger partial charge in [-0.05, 0) is 35.9 Å². The normalized spacial score (nSPS) is 10.8. The van der Waals surface area contributed by atoms with Crippen LogP contribution in [0.5, 0.6) is 0 Å². The number of esters is 1. The van der Waals surface area contributed by atoms with Gasteiger partial charge in [-0.15, -0.1) is 0 Å². The molecule has 0 amide bonds. The Kier molecular flexibility index (Phi) is 5.31. The Hall–Kier alpha value is -1.91. The van der Waals surface area contributed by atoms with Crippen LogP contribution in [0.3, 0.4) is 0 Å².